The molecule has 6 nitrogen and oxygen atoms in total. The van der Waals surface area contributed by atoms with Gasteiger partial charge in [-0.25, -0.2) is 9.59 Å². The first-order valence-corrected chi connectivity index (χ1v) is 8.54. The maximum atomic E-state index is 11.8. The third-order valence-electron chi connectivity index (χ3n) is 3.30. The molecule has 0 unspecified atom stereocenters. The number of hydrogen-bond acceptors (Lipinski definition) is 4. The van der Waals surface area contributed by atoms with E-state index in [9.17, 15) is 14.4 Å². The number of anilines is 1. The van der Waals surface area contributed by atoms with E-state index in [2.05, 4.69) is 33.2 Å². The minimum absolute atomic E-state index is 0.341. The van der Waals surface area contributed by atoms with E-state index in [1.165, 1.54) is 0 Å². The Labute approximate surface area is 159 Å². The van der Waals surface area contributed by atoms with Crippen LogP contribution < -0.4 is 10.6 Å². The first kappa shape index (κ1) is 18.9. The van der Waals surface area contributed by atoms with Crippen LogP contribution >= 0.6 is 22.6 Å². The summed E-state index contributed by atoms with van der Waals surface area (Å²) in [6.45, 7) is 3.26. The molecule has 0 saturated heterocycles. The number of urea groups is 1. The van der Waals surface area contributed by atoms with Crippen LogP contribution in [0.2, 0.25) is 0 Å². The van der Waals surface area contributed by atoms with Crippen LogP contribution in [0.5, 0.6) is 0 Å². The van der Waals surface area contributed by atoms with Gasteiger partial charge in [-0.3, -0.25) is 10.1 Å². The normalized spacial score (nSPS) is 10.0. The summed E-state index contributed by atoms with van der Waals surface area (Å²) in [5, 5.41) is 4.70. The van der Waals surface area contributed by atoms with Crippen molar-refractivity contribution in [3.8, 4) is 0 Å². The predicted molar refractivity (Wildman–Crippen MR) is 103 cm³/mol. The number of carbonyl (C=O) groups is 3. The van der Waals surface area contributed by atoms with E-state index in [1.807, 2.05) is 26.0 Å². The van der Waals surface area contributed by atoms with Crippen LogP contribution in [0.3, 0.4) is 0 Å². The number of amides is 3. The van der Waals surface area contributed by atoms with Gasteiger partial charge in [-0.15, -0.1) is 0 Å². The number of benzene rings is 2. The molecule has 130 valence electrons. The van der Waals surface area contributed by atoms with Crippen molar-refractivity contribution >= 4 is 46.2 Å². The van der Waals surface area contributed by atoms with Crippen LogP contribution in [-0.4, -0.2) is 24.5 Å². The second kappa shape index (κ2) is 8.61. The Morgan fingerprint density at radius 1 is 1.04 bits per heavy atom. The highest BCUT2D eigenvalue weighted by atomic mass is 127. The lowest BCUT2D eigenvalue weighted by Crippen LogP contribution is -2.37. The van der Waals surface area contributed by atoms with Crippen molar-refractivity contribution < 1.29 is 19.1 Å². The molecule has 0 bridgehead atoms. The molecule has 0 heterocycles. The van der Waals surface area contributed by atoms with E-state index in [4.69, 9.17) is 4.74 Å². The standard InChI is InChI=1S/C18H17IN2O4/c1-11-3-8-15(12(2)9-11)20-18(24)21-16(22)10-25-17(23)13-4-6-14(19)7-5-13/h3-9H,10H2,1-2H3,(H2,20,21,22,24). The topological polar surface area (TPSA) is 84.5 Å². The Balaban J connectivity index is 1.82. The van der Waals surface area contributed by atoms with Gasteiger partial charge in [-0.2, -0.15) is 0 Å². The number of hydrogen-bond donors (Lipinski definition) is 2. The van der Waals surface area contributed by atoms with Crippen molar-refractivity contribution in [3.63, 3.8) is 0 Å². The Morgan fingerprint density at radius 3 is 2.36 bits per heavy atom. The number of nitrogens with one attached hydrogen (secondary N) is 2. The quantitative estimate of drug-likeness (QED) is 0.550. The molecule has 0 aliphatic heterocycles. The van der Waals surface area contributed by atoms with Crippen LogP contribution in [0.15, 0.2) is 42.5 Å². The number of rotatable bonds is 4. The van der Waals surface area contributed by atoms with Gasteiger partial charge in [0.2, 0.25) is 0 Å². The summed E-state index contributed by atoms with van der Waals surface area (Å²) in [7, 11) is 0. The van der Waals surface area contributed by atoms with Crippen LogP contribution in [0, 0.1) is 17.4 Å². The van der Waals surface area contributed by atoms with Crippen LogP contribution in [-0.2, 0) is 9.53 Å². The molecule has 2 N–H and O–H groups in total. The van der Waals surface area contributed by atoms with E-state index >= 15 is 0 Å². The minimum atomic E-state index is -0.707. The van der Waals surface area contributed by atoms with E-state index in [1.54, 1.807) is 30.3 Å². The van der Waals surface area contributed by atoms with Gasteiger partial charge in [0.15, 0.2) is 6.61 Å². The molecule has 0 radical (unpaired) electrons. The summed E-state index contributed by atoms with van der Waals surface area (Å²) in [5.41, 5.74) is 2.90. The van der Waals surface area contributed by atoms with E-state index in [-0.39, 0.29) is 0 Å². The van der Waals surface area contributed by atoms with E-state index < -0.39 is 24.5 Å². The first-order valence-electron chi connectivity index (χ1n) is 7.46. The maximum absolute atomic E-state index is 11.8. The SMILES string of the molecule is Cc1ccc(NC(=O)NC(=O)COC(=O)c2ccc(I)cc2)c(C)c1. The highest BCUT2D eigenvalue weighted by molar-refractivity contribution is 14.1. The van der Waals surface area contributed by atoms with Crippen molar-refractivity contribution in [2.45, 2.75) is 13.8 Å². The third kappa shape index (κ3) is 5.86. The summed E-state index contributed by atoms with van der Waals surface area (Å²) in [4.78, 5) is 35.4. The van der Waals surface area contributed by atoms with Gasteiger partial charge in [0.05, 0.1) is 5.56 Å². The van der Waals surface area contributed by atoms with Crippen LogP contribution in [0.1, 0.15) is 21.5 Å². The van der Waals surface area contributed by atoms with Crippen molar-refractivity contribution in [2.24, 2.45) is 0 Å². The molecule has 2 rings (SSSR count). The van der Waals surface area contributed by atoms with Crippen molar-refractivity contribution in [2.75, 3.05) is 11.9 Å². The van der Waals surface area contributed by atoms with Gasteiger partial charge in [0, 0.05) is 9.26 Å². The number of halogens is 1. The van der Waals surface area contributed by atoms with Gasteiger partial charge in [0.1, 0.15) is 0 Å². The Bertz CT molecular complexity index is 803. The Hall–Kier alpha value is -2.42. The van der Waals surface area contributed by atoms with Gasteiger partial charge in [0.25, 0.3) is 5.91 Å². The molecule has 0 aromatic heterocycles. The van der Waals surface area contributed by atoms with Gasteiger partial charge in [-0.1, -0.05) is 17.7 Å². The van der Waals surface area contributed by atoms with Crippen LogP contribution in [0.4, 0.5) is 10.5 Å². The molecule has 0 aliphatic rings. The summed E-state index contributed by atoms with van der Waals surface area (Å²) >= 11 is 2.12. The highest BCUT2D eigenvalue weighted by Crippen LogP contribution is 2.15. The number of imide groups is 1. The highest BCUT2D eigenvalue weighted by Gasteiger charge is 2.13. The summed E-state index contributed by atoms with van der Waals surface area (Å²) in [5.74, 6) is -1.33. The maximum Gasteiger partial charge on any atom is 0.338 e. The van der Waals surface area contributed by atoms with Crippen molar-refractivity contribution in [1.29, 1.82) is 0 Å². The number of esters is 1. The first-order chi connectivity index (χ1) is 11.8. The summed E-state index contributed by atoms with van der Waals surface area (Å²) in [6.07, 6.45) is 0. The van der Waals surface area contributed by atoms with Gasteiger partial charge >= 0.3 is 12.0 Å². The summed E-state index contributed by atoms with van der Waals surface area (Å²) in [6, 6.07) is 11.6. The number of carbonyl (C=O) groups excluding carboxylic acids is 3. The van der Waals surface area contributed by atoms with Crippen molar-refractivity contribution in [3.05, 3.63) is 62.7 Å². The van der Waals surface area contributed by atoms with Gasteiger partial charge < -0.3 is 10.1 Å². The zero-order valence-electron chi connectivity index (χ0n) is 13.8. The molecule has 7 heteroatoms. The van der Waals surface area contributed by atoms with Crippen LogP contribution in [0.25, 0.3) is 0 Å². The number of aryl methyl sites for hydroxylation is 2. The Kier molecular flexibility index (Phi) is 6.51. The Morgan fingerprint density at radius 2 is 1.72 bits per heavy atom. The van der Waals surface area contributed by atoms with Crippen molar-refractivity contribution in [1.82, 2.24) is 5.32 Å². The molecule has 0 atom stereocenters. The smallest absolute Gasteiger partial charge is 0.338 e. The zero-order chi connectivity index (χ0) is 18.4. The lowest BCUT2D eigenvalue weighted by molar-refractivity contribution is -0.123. The molecule has 0 saturated carbocycles. The molecule has 0 aliphatic carbocycles. The minimum Gasteiger partial charge on any atom is -0.452 e. The van der Waals surface area contributed by atoms with Gasteiger partial charge in [-0.05, 0) is 72.3 Å². The average Bonchev–Trinajstić information content (AvgIpc) is 2.56. The monoisotopic (exact) mass is 452 g/mol. The fraction of sp³-hybridized carbons (Fsp3) is 0.167. The molecule has 25 heavy (non-hydrogen) atoms. The lowest BCUT2D eigenvalue weighted by Gasteiger charge is -2.10. The molecule has 2 aromatic rings. The predicted octanol–water partition coefficient (Wildman–Crippen LogP) is 3.41. The van der Waals surface area contributed by atoms with E-state index in [0.717, 1.165) is 14.7 Å². The molecule has 3 amide bonds. The zero-order valence-corrected chi connectivity index (χ0v) is 15.9. The fourth-order valence-electron chi connectivity index (χ4n) is 2.07. The molecule has 0 spiro atoms. The van der Waals surface area contributed by atoms with E-state index in [0.29, 0.717) is 11.3 Å². The number of ether oxygens (including phenoxy) is 1. The second-order valence-electron chi connectivity index (χ2n) is 5.40. The average molecular weight is 452 g/mol. The molecule has 2 aromatic carbocycles. The molecular weight excluding hydrogens is 435 g/mol. The fourth-order valence-corrected chi connectivity index (χ4v) is 2.43. The molecular formula is C18H17IN2O4. The summed E-state index contributed by atoms with van der Waals surface area (Å²) < 4.78 is 5.87. The molecule has 0 fully saturated rings. The lowest BCUT2D eigenvalue weighted by atomic mass is 10.1. The third-order valence-corrected chi connectivity index (χ3v) is 4.02. The largest absolute Gasteiger partial charge is 0.452 e. The second-order valence-corrected chi connectivity index (χ2v) is 6.65.